The van der Waals surface area contributed by atoms with Gasteiger partial charge in [-0.3, -0.25) is 13.8 Å². The molecule has 0 bridgehead atoms. The molecule has 0 amide bonds. The highest BCUT2D eigenvalue weighted by atomic mass is 32.2. The molecule has 0 aliphatic rings. The van der Waals surface area contributed by atoms with Crippen molar-refractivity contribution in [3.8, 4) is 0 Å². The first-order valence-electron chi connectivity index (χ1n) is 10.0. The number of azo groups is 1. The van der Waals surface area contributed by atoms with Crippen LogP contribution in [-0.2, 0) is 25.1 Å². The fourth-order valence-corrected chi connectivity index (χ4v) is 4.34. The lowest BCUT2D eigenvalue weighted by molar-refractivity contribution is -0.147. The molecule has 0 spiro atoms. The van der Waals surface area contributed by atoms with Gasteiger partial charge < -0.3 is 9.64 Å². The molecule has 32 heavy (non-hydrogen) atoms. The Morgan fingerprint density at radius 1 is 1.16 bits per heavy atom. The Labute approximate surface area is 192 Å². The highest BCUT2D eigenvalue weighted by molar-refractivity contribution is 7.84. The molecule has 0 saturated carbocycles. The van der Waals surface area contributed by atoms with Crippen molar-refractivity contribution in [1.29, 1.82) is 0 Å². The van der Waals surface area contributed by atoms with E-state index in [1.807, 2.05) is 48.2 Å². The molecule has 0 saturated heterocycles. The van der Waals surface area contributed by atoms with E-state index in [4.69, 9.17) is 4.74 Å². The zero-order valence-corrected chi connectivity index (χ0v) is 19.7. The topological polar surface area (TPSA) is 101 Å². The summed E-state index contributed by atoms with van der Waals surface area (Å²) in [6.07, 6.45) is 1.85. The summed E-state index contributed by atoms with van der Waals surface area (Å²) in [5, 5.41) is 9.02. The third-order valence-corrected chi connectivity index (χ3v) is 6.37. The van der Waals surface area contributed by atoms with Gasteiger partial charge in [-0.2, -0.15) is 0 Å². The van der Waals surface area contributed by atoms with E-state index in [-0.39, 0.29) is 18.8 Å². The lowest BCUT2D eigenvalue weighted by Crippen LogP contribution is -2.26. The number of fused-ring (bicyclic) bond motifs is 1. The number of benzene rings is 2. The molecule has 2 aromatic carbocycles. The number of hydrogen-bond acceptors (Lipinski definition) is 9. The number of carbonyl (C=O) groups is 2. The standard InChI is InChI=1S/C22H24N4O4S2/c1-4-26(12-11-21(28)30-14-15(2)27)17-7-5-16(6-8-17)24-25-22-23-19-10-9-18(32(3)29)13-20(19)31-22/h5-10,13H,4,11-12,14H2,1-3H3. The Morgan fingerprint density at radius 2 is 1.91 bits per heavy atom. The van der Waals surface area contributed by atoms with Gasteiger partial charge in [0.05, 0.1) is 22.3 Å². The maximum atomic E-state index is 11.7. The summed E-state index contributed by atoms with van der Waals surface area (Å²) in [5.74, 6) is -0.569. The van der Waals surface area contributed by atoms with Crippen LogP contribution in [0.25, 0.3) is 10.2 Å². The van der Waals surface area contributed by atoms with Crippen LogP contribution < -0.4 is 4.90 Å². The minimum atomic E-state index is -1.04. The van der Waals surface area contributed by atoms with E-state index in [0.29, 0.717) is 17.4 Å². The average molecular weight is 473 g/mol. The molecular formula is C22H24N4O4S2. The number of thiazole rings is 1. The fraction of sp³-hybridized carbons (Fsp3) is 0.318. The maximum absolute atomic E-state index is 11.7. The number of carbonyl (C=O) groups excluding carboxylic acids is 2. The maximum Gasteiger partial charge on any atom is 0.308 e. The van der Waals surface area contributed by atoms with Crippen molar-refractivity contribution in [3.63, 3.8) is 0 Å². The first kappa shape index (κ1) is 23.7. The van der Waals surface area contributed by atoms with Crippen LogP contribution in [0.2, 0.25) is 0 Å². The van der Waals surface area contributed by atoms with E-state index in [2.05, 4.69) is 15.2 Å². The van der Waals surface area contributed by atoms with Gasteiger partial charge in [0.25, 0.3) is 0 Å². The Morgan fingerprint density at radius 3 is 2.56 bits per heavy atom. The second-order valence-corrected chi connectivity index (χ2v) is 9.38. The second kappa shape index (κ2) is 11.1. The predicted octanol–water partition coefficient (Wildman–Crippen LogP) is 4.80. The summed E-state index contributed by atoms with van der Waals surface area (Å²) in [7, 11) is -1.04. The molecule has 0 fully saturated rings. The van der Waals surface area contributed by atoms with Gasteiger partial charge in [0, 0.05) is 40.7 Å². The number of ether oxygens (including phenoxy) is 1. The SMILES string of the molecule is CCN(CCC(=O)OCC(C)=O)c1ccc(N=Nc2nc3ccc(S(C)=O)cc3s2)cc1. The molecule has 1 atom stereocenters. The van der Waals surface area contributed by atoms with Crippen LogP contribution in [0.15, 0.2) is 57.6 Å². The van der Waals surface area contributed by atoms with E-state index in [1.165, 1.54) is 18.3 Å². The van der Waals surface area contributed by atoms with Crippen molar-refractivity contribution in [1.82, 2.24) is 4.98 Å². The largest absolute Gasteiger partial charge is 0.458 e. The molecule has 3 rings (SSSR count). The smallest absolute Gasteiger partial charge is 0.308 e. The predicted molar refractivity (Wildman–Crippen MR) is 127 cm³/mol. The summed E-state index contributed by atoms with van der Waals surface area (Å²) in [6, 6.07) is 13.0. The molecule has 3 aromatic rings. The van der Waals surface area contributed by atoms with Gasteiger partial charge in [-0.05, 0) is 56.3 Å². The van der Waals surface area contributed by atoms with Crippen LogP contribution in [-0.4, -0.2) is 46.9 Å². The van der Waals surface area contributed by atoms with Crippen LogP contribution in [0.4, 0.5) is 16.5 Å². The summed E-state index contributed by atoms with van der Waals surface area (Å²) in [4.78, 5) is 29.9. The zero-order chi connectivity index (χ0) is 23.1. The fourth-order valence-electron chi connectivity index (χ4n) is 2.90. The molecule has 1 heterocycles. The average Bonchev–Trinajstić information content (AvgIpc) is 3.19. The van der Waals surface area contributed by atoms with Gasteiger partial charge in [-0.15, -0.1) is 10.2 Å². The number of nitrogens with zero attached hydrogens (tertiary/aromatic N) is 4. The number of Topliss-reactive ketones (excluding diaryl/α,β-unsaturated/α-hetero) is 1. The van der Waals surface area contributed by atoms with Gasteiger partial charge in [0.15, 0.2) is 5.78 Å². The van der Waals surface area contributed by atoms with Crippen LogP contribution in [0.3, 0.4) is 0 Å². The van der Waals surface area contributed by atoms with Gasteiger partial charge >= 0.3 is 5.97 Å². The molecule has 0 aliphatic carbocycles. The summed E-state index contributed by atoms with van der Waals surface area (Å²) < 4.78 is 17.5. The van der Waals surface area contributed by atoms with Gasteiger partial charge in [-0.25, -0.2) is 4.98 Å². The number of ketones is 1. The molecule has 168 valence electrons. The van der Waals surface area contributed by atoms with Gasteiger partial charge in [0.1, 0.15) is 6.61 Å². The third kappa shape index (κ3) is 6.51. The molecule has 10 heteroatoms. The third-order valence-electron chi connectivity index (χ3n) is 4.55. The lowest BCUT2D eigenvalue weighted by Gasteiger charge is -2.22. The molecule has 0 N–H and O–H groups in total. The second-order valence-electron chi connectivity index (χ2n) is 6.99. The number of hydrogen-bond donors (Lipinski definition) is 0. The monoisotopic (exact) mass is 472 g/mol. The zero-order valence-electron chi connectivity index (χ0n) is 18.1. The molecule has 0 radical (unpaired) electrons. The Kier molecular flexibility index (Phi) is 8.18. The van der Waals surface area contributed by atoms with Crippen molar-refractivity contribution >= 4 is 60.6 Å². The van der Waals surface area contributed by atoms with Crippen molar-refractivity contribution in [2.45, 2.75) is 25.2 Å². The van der Waals surface area contributed by atoms with E-state index in [9.17, 15) is 13.8 Å². The molecule has 1 unspecified atom stereocenters. The lowest BCUT2D eigenvalue weighted by atomic mass is 10.2. The quantitative estimate of drug-likeness (QED) is 0.310. The van der Waals surface area contributed by atoms with Crippen molar-refractivity contribution in [3.05, 3.63) is 42.5 Å². The highest BCUT2D eigenvalue weighted by Crippen LogP contribution is 2.31. The van der Waals surface area contributed by atoms with Crippen molar-refractivity contribution in [2.24, 2.45) is 10.2 Å². The van der Waals surface area contributed by atoms with Gasteiger partial charge in [0.2, 0.25) is 5.13 Å². The van der Waals surface area contributed by atoms with Crippen LogP contribution in [0, 0.1) is 0 Å². The Hall–Kier alpha value is -2.98. The van der Waals surface area contributed by atoms with Crippen LogP contribution in [0.5, 0.6) is 0 Å². The number of aromatic nitrogens is 1. The normalized spacial score (nSPS) is 12.2. The Balaban J connectivity index is 1.62. The van der Waals surface area contributed by atoms with E-state index < -0.39 is 16.8 Å². The molecular weight excluding hydrogens is 448 g/mol. The van der Waals surface area contributed by atoms with Crippen molar-refractivity contribution < 1.29 is 18.5 Å². The number of esters is 1. The minimum absolute atomic E-state index is 0.177. The van der Waals surface area contributed by atoms with Crippen molar-refractivity contribution in [2.75, 3.05) is 30.9 Å². The number of anilines is 1. The molecule has 1 aromatic heterocycles. The highest BCUT2D eigenvalue weighted by Gasteiger charge is 2.10. The van der Waals surface area contributed by atoms with Crippen LogP contribution in [0.1, 0.15) is 20.3 Å². The summed E-state index contributed by atoms with van der Waals surface area (Å²) in [5.41, 5.74) is 2.43. The first-order chi connectivity index (χ1) is 15.4. The van der Waals surface area contributed by atoms with E-state index in [0.717, 1.165) is 27.3 Å². The van der Waals surface area contributed by atoms with E-state index >= 15 is 0 Å². The first-order valence-corrected chi connectivity index (χ1v) is 12.4. The minimum Gasteiger partial charge on any atom is -0.458 e. The summed E-state index contributed by atoms with van der Waals surface area (Å²) >= 11 is 1.40. The molecule has 8 nitrogen and oxygen atoms in total. The van der Waals surface area contributed by atoms with Crippen LogP contribution >= 0.6 is 11.3 Å². The van der Waals surface area contributed by atoms with E-state index in [1.54, 1.807) is 12.3 Å². The Bertz CT molecular complexity index is 1160. The van der Waals surface area contributed by atoms with Gasteiger partial charge in [-0.1, -0.05) is 11.3 Å². The number of rotatable bonds is 10. The summed E-state index contributed by atoms with van der Waals surface area (Å²) in [6.45, 7) is 4.41. The molecule has 0 aliphatic heterocycles.